The lowest BCUT2D eigenvalue weighted by atomic mass is 10.2. The van der Waals surface area contributed by atoms with E-state index >= 15 is 0 Å². The van der Waals surface area contributed by atoms with E-state index in [-0.39, 0.29) is 23.5 Å². The lowest BCUT2D eigenvalue weighted by Gasteiger charge is -2.28. The third-order valence-corrected chi connectivity index (χ3v) is 3.25. The van der Waals surface area contributed by atoms with E-state index in [0.29, 0.717) is 18.7 Å². The van der Waals surface area contributed by atoms with Gasteiger partial charge in [0.15, 0.2) is 0 Å². The molecule has 0 amide bonds. The molecule has 0 bridgehead atoms. The predicted molar refractivity (Wildman–Crippen MR) is 71.6 cm³/mol. The van der Waals surface area contributed by atoms with E-state index in [4.69, 9.17) is 4.74 Å². The SMILES string of the molecule is O=[N+]([O-])c1cc([N+](=O)[O-])c2cnn(N3CCCOC3)c2c1. The van der Waals surface area contributed by atoms with Crippen LogP contribution in [0.4, 0.5) is 11.4 Å². The molecule has 0 spiro atoms. The molecular weight excluding hydrogens is 282 g/mol. The molecule has 1 aromatic heterocycles. The number of nitro groups is 2. The number of nitrogens with zero attached hydrogens (tertiary/aromatic N) is 5. The van der Waals surface area contributed by atoms with Gasteiger partial charge in [-0.1, -0.05) is 0 Å². The molecule has 0 unspecified atom stereocenters. The molecule has 0 N–H and O–H groups in total. The quantitative estimate of drug-likeness (QED) is 0.615. The number of ether oxygens (including phenoxy) is 1. The fraction of sp³-hybridized carbons (Fsp3) is 0.364. The average molecular weight is 293 g/mol. The highest BCUT2D eigenvalue weighted by Crippen LogP contribution is 2.31. The van der Waals surface area contributed by atoms with Crippen LogP contribution in [-0.4, -0.2) is 39.6 Å². The van der Waals surface area contributed by atoms with Crippen LogP contribution >= 0.6 is 0 Å². The van der Waals surface area contributed by atoms with Crippen LogP contribution < -0.4 is 5.01 Å². The van der Waals surface area contributed by atoms with Gasteiger partial charge in [0.25, 0.3) is 11.4 Å². The van der Waals surface area contributed by atoms with Gasteiger partial charge < -0.3 is 4.74 Å². The van der Waals surface area contributed by atoms with Crippen LogP contribution in [0.25, 0.3) is 10.9 Å². The zero-order valence-electron chi connectivity index (χ0n) is 10.8. The van der Waals surface area contributed by atoms with Gasteiger partial charge in [0.1, 0.15) is 17.6 Å². The van der Waals surface area contributed by atoms with Crippen LogP contribution in [0, 0.1) is 20.2 Å². The highest BCUT2D eigenvalue weighted by molar-refractivity contribution is 5.90. The first-order chi connectivity index (χ1) is 10.1. The van der Waals surface area contributed by atoms with Gasteiger partial charge >= 0.3 is 0 Å². The Morgan fingerprint density at radius 1 is 1.24 bits per heavy atom. The van der Waals surface area contributed by atoms with Crippen molar-refractivity contribution >= 4 is 22.3 Å². The summed E-state index contributed by atoms with van der Waals surface area (Å²) in [6.45, 7) is 1.58. The van der Waals surface area contributed by atoms with E-state index in [2.05, 4.69) is 5.10 Å². The molecule has 1 saturated heterocycles. The van der Waals surface area contributed by atoms with Crippen molar-refractivity contribution in [3.05, 3.63) is 38.6 Å². The van der Waals surface area contributed by atoms with E-state index < -0.39 is 9.85 Å². The van der Waals surface area contributed by atoms with Crippen molar-refractivity contribution in [2.45, 2.75) is 6.42 Å². The molecule has 10 nitrogen and oxygen atoms in total. The number of fused-ring (bicyclic) bond motifs is 1. The van der Waals surface area contributed by atoms with E-state index in [1.54, 1.807) is 5.01 Å². The number of rotatable bonds is 3. The molecule has 1 aliphatic heterocycles. The Morgan fingerprint density at radius 2 is 2.05 bits per heavy atom. The van der Waals surface area contributed by atoms with Gasteiger partial charge in [-0.05, 0) is 6.42 Å². The predicted octanol–water partition coefficient (Wildman–Crippen LogP) is 1.17. The van der Waals surface area contributed by atoms with Gasteiger partial charge in [0, 0.05) is 12.6 Å². The van der Waals surface area contributed by atoms with Crippen LogP contribution in [0.3, 0.4) is 0 Å². The molecule has 1 aromatic carbocycles. The van der Waals surface area contributed by atoms with Crippen molar-refractivity contribution < 1.29 is 14.6 Å². The second kappa shape index (κ2) is 4.98. The van der Waals surface area contributed by atoms with E-state index in [1.807, 2.05) is 0 Å². The molecular formula is C11H11N5O5. The number of benzene rings is 1. The highest BCUT2D eigenvalue weighted by atomic mass is 16.6. The van der Waals surface area contributed by atoms with Crippen molar-refractivity contribution in [3.8, 4) is 0 Å². The Hall–Kier alpha value is -2.75. The summed E-state index contributed by atoms with van der Waals surface area (Å²) in [5.74, 6) is 0. The van der Waals surface area contributed by atoms with Gasteiger partial charge in [-0.2, -0.15) is 9.89 Å². The summed E-state index contributed by atoms with van der Waals surface area (Å²) < 4.78 is 5.31. The van der Waals surface area contributed by atoms with Crippen LogP contribution in [0.15, 0.2) is 18.3 Å². The standard InChI is InChI=1S/C11H11N5O5/c17-15(18)8-4-10-9(11(5-8)16(19)20)6-12-14(10)13-2-1-3-21-7-13/h4-6H,1-3,7H2. The van der Waals surface area contributed by atoms with Crippen LogP contribution in [0.1, 0.15) is 6.42 Å². The number of aromatic nitrogens is 2. The van der Waals surface area contributed by atoms with Crippen molar-refractivity contribution in [2.24, 2.45) is 0 Å². The van der Waals surface area contributed by atoms with E-state index in [0.717, 1.165) is 12.5 Å². The van der Waals surface area contributed by atoms with Gasteiger partial charge in [-0.25, -0.2) is 0 Å². The Kier molecular flexibility index (Phi) is 3.14. The van der Waals surface area contributed by atoms with Crippen molar-refractivity contribution in [2.75, 3.05) is 24.9 Å². The Balaban J connectivity index is 2.18. The van der Waals surface area contributed by atoms with E-state index in [1.165, 1.54) is 17.1 Å². The third kappa shape index (κ3) is 2.25. The lowest BCUT2D eigenvalue weighted by molar-refractivity contribution is -0.393. The molecule has 1 fully saturated rings. The summed E-state index contributed by atoms with van der Waals surface area (Å²) in [4.78, 5) is 22.2. The molecule has 0 radical (unpaired) electrons. The Bertz CT molecular complexity index is 721. The molecule has 3 rings (SSSR count). The Morgan fingerprint density at radius 3 is 2.67 bits per heavy atom. The molecule has 0 atom stereocenters. The maximum atomic E-state index is 11.1. The summed E-state index contributed by atoms with van der Waals surface area (Å²) in [5.41, 5.74) is -0.348. The summed E-state index contributed by atoms with van der Waals surface area (Å²) in [7, 11) is 0. The summed E-state index contributed by atoms with van der Waals surface area (Å²) >= 11 is 0. The summed E-state index contributed by atoms with van der Waals surface area (Å²) in [5, 5.41) is 28.1. The largest absolute Gasteiger partial charge is 0.360 e. The topological polar surface area (TPSA) is 117 Å². The zero-order valence-corrected chi connectivity index (χ0v) is 10.8. The van der Waals surface area contributed by atoms with Gasteiger partial charge in [0.05, 0.1) is 28.7 Å². The van der Waals surface area contributed by atoms with Crippen molar-refractivity contribution in [3.63, 3.8) is 0 Å². The van der Waals surface area contributed by atoms with Gasteiger partial charge in [0.2, 0.25) is 0 Å². The number of hydrogen-bond donors (Lipinski definition) is 0. The molecule has 0 aliphatic carbocycles. The van der Waals surface area contributed by atoms with Crippen molar-refractivity contribution in [1.29, 1.82) is 0 Å². The molecule has 0 saturated carbocycles. The molecule has 21 heavy (non-hydrogen) atoms. The van der Waals surface area contributed by atoms with E-state index in [9.17, 15) is 20.2 Å². The maximum absolute atomic E-state index is 11.1. The number of hydrogen-bond acceptors (Lipinski definition) is 7. The average Bonchev–Trinajstić information content (AvgIpc) is 2.90. The highest BCUT2D eigenvalue weighted by Gasteiger charge is 2.24. The zero-order chi connectivity index (χ0) is 15.0. The molecule has 2 heterocycles. The normalized spacial score (nSPS) is 15.3. The van der Waals surface area contributed by atoms with Crippen LogP contribution in [0.5, 0.6) is 0 Å². The Labute approximate surface area is 117 Å². The van der Waals surface area contributed by atoms with Gasteiger partial charge in [-0.3, -0.25) is 25.2 Å². The fourth-order valence-electron chi connectivity index (χ4n) is 2.30. The summed E-state index contributed by atoms with van der Waals surface area (Å²) in [6.07, 6.45) is 2.13. The first-order valence-corrected chi connectivity index (χ1v) is 6.21. The molecule has 110 valence electrons. The first-order valence-electron chi connectivity index (χ1n) is 6.21. The minimum Gasteiger partial charge on any atom is -0.360 e. The summed E-state index contributed by atoms with van der Waals surface area (Å²) in [6, 6.07) is 2.23. The monoisotopic (exact) mass is 293 g/mol. The fourth-order valence-corrected chi connectivity index (χ4v) is 2.30. The van der Waals surface area contributed by atoms with Gasteiger partial charge in [-0.15, -0.1) is 0 Å². The molecule has 2 aromatic rings. The lowest BCUT2D eigenvalue weighted by Crippen LogP contribution is -2.42. The van der Waals surface area contributed by atoms with Crippen LogP contribution in [-0.2, 0) is 4.74 Å². The minimum absolute atomic E-state index is 0.260. The molecule has 10 heteroatoms. The maximum Gasteiger partial charge on any atom is 0.287 e. The van der Waals surface area contributed by atoms with Crippen LogP contribution in [0.2, 0.25) is 0 Å². The van der Waals surface area contributed by atoms with Crippen molar-refractivity contribution in [1.82, 2.24) is 9.89 Å². The number of nitro benzene ring substituents is 2. The second-order valence-corrected chi connectivity index (χ2v) is 4.57. The number of non-ortho nitro benzene ring substituents is 2. The second-order valence-electron chi connectivity index (χ2n) is 4.57. The first kappa shape index (κ1) is 13.2. The third-order valence-electron chi connectivity index (χ3n) is 3.25. The molecule has 1 aliphatic rings. The minimum atomic E-state index is -0.656. The smallest absolute Gasteiger partial charge is 0.287 e.